The molecule has 0 aliphatic carbocycles. The lowest BCUT2D eigenvalue weighted by Crippen LogP contribution is -2.48. The SMILES string of the molecule is O=C(NC1CCCN(CCc2ccccc2)C1)c1cc2ccccc2oc1=O. The Morgan fingerprint density at radius 2 is 1.89 bits per heavy atom. The van der Waals surface area contributed by atoms with Crippen LogP contribution in [0.25, 0.3) is 11.0 Å². The predicted octanol–water partition coefficient (Wildman–Crippen LogP) is 3.23. The molecule has 5 nitrogen and oxygen atoms in total. The van der Waals surface area contributed by atoms with E-state index >= 15 is 0 Å². The van der Waals surface area contributed by atoms with Crippen molar-refractivity contribution in [1.29, 1.82) is 0 Å². The van der Waals surface area contributed by atoms with E-state index in [1.807, 2.05) is 18.2 Å². The number of fused-ring (bicyclic) bond motifs is 1. The Morgan fingerprint density at radius 3 is 2.75 bits per heavy atom. The van der Waals surface area contributed by atoms with E-state index in [4.69, 9.17) is 4.42 Å². The maximum atomic E-state index is 12.7. The van der Waals surface area contributed by atoms with Crippen LogP contribution >= 0.6 is 0 Å². The van der Waals surface area contributed by atoms with Crippen molar-refractivity contribution in [3.05, 3.63) is 82.2 Å². The van der Waals surface area contributed by atoms with Crippen LogP contribution in [0.4, 0.5) is 0 Å². The van der Waals surface area contributed by atoms with Gasteiger partial charge in [0.2, 0.25) is 0 Å². The number of nitrogens with zero attached hydrogens (tertiary/aromatic N) is 1. The summed E-state index contributed by atoms with van der Waals surface area (Å²) in [5.74, 6) is -0.352. The van der Waals surface area contributed by atoms with Crippen molar-refractivity contribution in [2.24, 2.45) is 0 Å². The molecule has 1 unspecified atom stereocenters. The number of piperidine rings is 1. The number of hydrogen-bond acceptors (Lipinski definition) is 4. The minimum absolute atomic E-state index is 0.0443. The molecule has 1 amide bonds. The van der Waals surface area contributed by atoms with Crippen LogP contribution in [0, 0.1) is 0 Å². The summed E-state index contributed by atoms with van der Waals surface area (Å²) in [7, 11) is 0. The van der Waals surface area contributed by atoms with Gasteiger partial charge in [-0.2, -0.15) is 0 Å². The largest absolute Gasteiger partial charge is 0.422 e. The van der Waals surface area contributed by atoms with E-state index in [2.05, 4.69) is 34.5 Å². The van der Waals surface area contributed by atoms with Gasteiger partial charge in [-0.1, -0.05) is 48.5 Å². The lowest BCUT2D eigenvalue weighted by molar-refractivity contribution is 0.0900. The van der Waals surface area contributed by atoms with Gasteiger partial charge >= 0.3 is 5.63 Å². The number of benzene rings is 2. The van der Waals surface area contributed by atoms with E-state index in [-0.39, 0.29) is 17.5 Å². The van der Waals surface area contributed by atoms with Crippen molar-refractivity contribution in [3.63, 3.8) is 0 Å². The molecule has 1 aliphatic rings. The van der Waals surface area contributed by atoms with Gasteiger partial charge in [-0.3, -0.25) is 4.79 Å². The highest BCUT2D eigenvalue weighted by molar-refractivity contribution is 5.96. The molecule has 2 heterocycles. The molecule has 3 aromatic rings. The summed E-state index contributed by atoms with van der Waals surface area (Å²) in [6.45, 7) is 2.81. The lowest BCUT2D eigenvalue weighted by Gasteiger charge is -2.33. The van der Waals surface area contributed by atoms with E-state index in [0.717, 1.165) is 44.3 Å². The number of para-hydroxylation sites is 1. The van der Waals surface area contributed by atoms with Crippen molar-refractivity contribution in [2.45, 2.75) is 25.3 Å². The fourth-order valence-electron chi connectivity index (χ4n) is 3.79. The van der Waals surface area contributed by atoms with Gasteiger partial charge in [-0.25, -0.2) is 4.79 Å². The number of carbonyl (C=O) groups is 1. The number of carbonyl (C=O) groups excluding carboxylic acids is 1. The molecule has 4 rings (SSSR count). The Hall–Kier alpha value is -2.92. The molecule has 1 atom stereocenters. The molecule has 1 saturated heterocycles. The van der Waals surface area contributed by atoms with Gasteiger partial charge in [0, 0.05) is 24.5 Å². The maximum absolute atomic E-state index is 12.7. The monoisotopic (exact) mass is 376 g/mol. The summed E-state index contributed by atoms with van der Waals surface area (Å²) in [6.07, 6.45) is 2.95. The van der Waals surface area contributed by atoms with Crippen LogP contribution in [0.3, 0.4) is 0 Å². The van der Waals surface area contributed by atoms with E-state index in [1.165, 1.54) is 5.56 Å². The zero-order chi connectivity index (χ0) is 19.3. The van der Waals surface area contributed by atoms with Crippen LogP contribution in [0.15, 0.2) is 69.9 Å². The Kier molecular flexibility index (Phi) is 5.53. The third kappa shape index (κ3) is 4.31. The molecule has 28 heavy (non-hydrogen) atoms. The molecule has 1 fully saturated rings. The minimum atomic E-state index is -0.590. The van der Waals surface area contributed by atoms with E-state index < -0.39 is 5.63 Å². The fourth-order valence-corrected chi connectivity index (χ4v) is 3.79. The first-order valence-electron chi connectivity index (χ1n) is 9.79. The normalized spacial score (nSPS) is 17.5. The summed E-state index contributed by atoms with van der Waals surface area (Å²) >= 11 is 0. The van der Waals surface area contributed by atoms with Gasteiger partial charge in [0.15, 0.2) is 0 Å². The molecule has 2 aromatic carbocycles. The predicted molar refractivity (Wildman–Crippen MR) is 110 cm³/mol. The molecule has 0 spiro atoms. The first-order valence-corrected chi connectivity index (χ1v) is 9.79. The molecule has 1 aliphatic heterocycles. The number of rotatable bonds is 5. The molecular weight excluding hydrogens is 352 g/mol. The average Bonchev–Trinajstić information content (AvgIpc) is 2.73. The van der Waals surface area contributed by atoms with Gasteiger partial charge < -0.3 is 14.6 Å². The van der Waals surface area contributed by atoms with Gasteiger partial charge in [-0.15, -0.1) is 0 Å². The summed E-state index contributed by atoms with van der Waals surface area (Å²) in [6, 6.07) is 19.3. The molecule has 144 valence electrons. The van der Waals surface area contributed by atoms with Crippen LogP contribution in [-0.4, -0.2) is 36.5 Å². The molecule has 1 N–H and O–H groups in total. The number of amides is 1. The molecule has 1 aromatic heterocycles. The number of hydrogen-bond donors (Lipinski definition) is 1. The summed E-state index contributed by atoms with van der Waals surface area (Å²) in [4.78, 5) is 27.3. The Morgan fingerprint density at radius 1 is 1.11 bits per heavy atom. The van der Waals surface area contributed by atoms with Crippen LogP contribution in [0.1, 0.15) is 28.8 Å². The Labute approximate surface area is 164 Å². The second-order valence-corrected chi connectivity index (χ2v) is 7.33. The summed E-state index contributed by atoms with van der Waals surface area (Å²) in [5.41, 5.74) is 1.30. The minimum Gasteiger partial charge on any atom is -0.422 e. The topological polar surface area (TPSA) is 62.6 Å². The van der Waals surface area contributed by atoms with Gasteiger partial charge in [0.05, 0.1) is 0 Å². The van der Waals surface area contributed by atoms with Crippen molar-refractivity contribution in [3.8, 4) is 0 Å². The third-order valence-electron chi connectivity index (χ3n) is 5.29. The van der Waals surface area contributed by atoms with Crippen molar-refractivity contribution < 1.29 is 9.21 Å². The van der Waals surface area contributed by atoms with Gasteiger partial charge in [0.1, 0.15) is 11.1 Å². The van der Waals surface area contributed by atoms with E-state index in [9.17, 15) is 9.59 Å². The van der Waals surface area contributed by atoms with E-state index in [0.29, 0.717) is 5.58 Å². The van der Waals surface area contributed by atoms with Crippen molar-refractivity contribution in [2.75, 3.05) is 19.6 Å². The van der Waals surface area contributed by atoms with Crippen LogP contribution in [0.2, 0.25) is 0 Å². The summed E-state index contributed by atoms with van der Waals surface area (Å²) in [5, 5.41) is 3.78. The highest BCUT2D eigenvalue weighted by atomic mass is 16.4. The summed E-state index contributed by atoms with van der Waals surface area (Å²) < 4.78 is 5.28. The van der Waals surface area contributed by atoms with E-state index in [1.54, 1.807) is 18.2 Å². The van der Waals surface area contributed by atoms with Crippen LogP contribution < -0.4 is 10.9 Å². The highest BCUT2D eigenvalue weighted by Gasteiger charge is 2.23. The quantitative estimate of drug-likeness (QED) is 0.695. The molecule has 0 bridgehead atoms. The molecule has 0 saturated carbocycles. The fraction of sp³-hybridized carbons (Fsp3) is 0.304. The first kappa shape index (κ1) is 18.4. The Bertz CT molecular complexity index is 1010. The number of likely N-dealkylation sites (tertiary alicyclic amines) is 1. The zero-order valence-electron chi connectivity index (χ0n) is 15.8. The Balaban J connectivity index is 1.39. The average molecular weight is 376 g/mol. The standard InChI is InChI=1S/C23H24N2O3/c26-22(20-15-18-9-4-5-11-21(18)28-23(20)27)24-19-10-6-13-25(16-19)14-12-17-7-2-1-3-8-17/h1-5,7-9,11,15,19H,6,10,12-14,16H2,(H,24,26). The molecule has 5 heteroatoms. The van der Waals surface area contributed by atoms with Gasteiger partial charge in [-0.05, 0) is 43.5 Å². The smallest absolute Gasteiger partial charge is 0.349 e. The molecular formula is C23H24N2O3. The number of nitrogens with one attached hydrogen (secondary N) is 1. The second kappa shape index (κ2) is 8.40. The maximum Gasteiger partial charge on any atom is 0.349 e. The van der Waals surface area contributed by atoms with Gasteiger partial charge in [0.25, 0.3) is 5.91 Å². The highest BCUT2D eigenvalue weighted by Crippen LogP contribution is 2.14. The third-order valence-corrected chi connectivity index (χ3v) is 5.29. The van der Waals surface area contributed by atoms with Crippen LogP contribution in [-0.2, 0) is 6.42 Å². The van der Waals surface area contributed by atoms with Crippen LogP contribution in [0.5, 0.6) is 0 Å². The zero-order valence-corrected chi connectivity index (χ0v) is 15.8. The lowest BCUT2D eigenvalue weighted by atomic mass is 10.0. The van der Waals surface area contributed by atoms with Crippen molar-refractivity contribution in [1.82, 2.24) is 10.2 Å². The van der Waals surface area contributed by atoms with Crippen molar-refractivity contribution >= 4 is 16.9 Å². The molecule has 0 radical (unpaired) electrons. The second-order valence-electron chi connectivity index (χ2n) is 7.33. The first-order chi connectivity index (χ1) is 13.7.